The average molecular weight is 575 g/mol. The van der Waals surface area contributed by atoms with E-state index in [2.05, 4.69) is 15.5 Å². The number of aromatic amines is 1. The summed E-state index contributed by atoms with van der Waals surface area (Å²) in [6, 6.07) is 16.9. The number of nitro groups is 2. The average Bonchev–Trinajstić information content (AvgIpc) is 3.01. The van der Waals surface area contributed by atoms with Crippen LogP contribution in [0.15, 0.2) is 76.8 Å². The monoisotopic (exact) mass is 574 g/mol. The minimum absolute atomic E-state index is 0.109. The zero-order valence-electron chi connectivity index (χ0n) is 21.8. The number of carbonyl (C=O) groups excluding carboxylic acids is 1. The van der Waals surface area contributed by atoms with Crippen molar-refractivity contribution in [1.82, 2.24) is 20.1 Å². The highest BCUT2D eigenvalue weighted by Crippen LogP contribution is 2.31. The highest BCUT2D eigenvalue weighted by Gasteiger charge is 2.27. The summed E-state index contributed by atoms with van der Waals surface area (Å²) in [5.74, 6) is -0.673. The molecule has 1 amide bonds. The van der Waals surface area contributed by atoms with Gasteiger partial charge in [0.1, 0.15) is 0 Å². The minimum Gasteiger partial charge on any atom is -0.569 e. The van der Waals surface area contributed by atoms with Gasteiger partial charge in [-0.1, -0.05) is 30.3 Å². The Bertz CT molecular complexity index is 1780. The maximum Gasteiger partial charge on any atom is 0.321 e. The molecule has 0 spiro atoms. The second-order valence-corrected chi connectivity index (χ2v) is 9.26. The van der Waals surface area contributed by atoms with Crippen LogP contribution in [0, 0.1) is 25.4 Å². The van der Waals surface area contributed by atoms with Gasteiger partial charge >= 0.3 is 5.69 Å². The number of H-pyrrole nitrogens is 1. The Morgan fingerprint density at radius 1 is 0.929 bits per heavy atom. The Kier molecular flexibility index (Phi) is 7.67. The van der Waals surface area contributed by atoms with E-state index in [-0.39, 0.29) is 42.6 Å². The molecule has 16 heteroatoms. The summed E-state index contributed by atoms with van der Waals surface area (Å²) in [5, 5.41) is 47.1. The fourth-order valence-corrected chi connectivity index (χ4v) is 4.54. The number of carbonyl (C=O) groups is 1. The molecule has 1 saturated heterocycles. The van der Waals surface area contributed by atoms with Crippen molar-refractivity contribution in [2.75, 3.05) is 26.2 Å². The molecule has 0 bridgehead atoms. The molecule has 214 valence electrons. The van der Waals surface area contributed by atoms with Crippen LogP contribution < -0.4 is 10.4 Å². The summed E-state index contributed by atoms with van der Waals surface area (Å²) in [4.78, 5) is 52.4. The predicted octanol–water partition coefficient (Wildman–Crippen LogP) is 2.96. The van der Waals surface area contributed by atoms with E-state index in [4.69, 9.17) is 4.84 Å². The molecule has 4 aromatic rings. The van der Waals surface area contributed by atoms with E-state index >= 15 is 0 Å². The highest BCUT2D eigenvalue weighted by atomic mass is 16.7. The molecule has 16 nitrogen and oxygen atoms in total. The fourth-order valence-electron chi connectivity index (χ4n) is 4.54. The van der Waals surface area contributed by atoms with Crippen LogP contribution in [0.3, 0.4) is 0 Å². The normalized spacial score (nSPS) is 13.7. The molecule has 0 radical (unpaired) electrons. The number of fused-ring (bicyclic) bond motifs is 1. The van der Waals surface area contributed by atoms with Gasteiger partial charge in [-0.05, 0) is 29.8 Å². The zero-order valence-corrected chi connectivity index (χ0v) is 21.8. The van der Waals surface area contributed by atoms with Gasteiger partial charge in [0.2, 0.25) is 11.0 Å². The second kappa shape index (κ2) is 11.7. The molecule has 42 heavy (non-hydrogen) atoms. The van der Waals surface area contributed by atoms with Gasteiger partial charge in [0.15, 0.2) is 0 Å². The molecular weight excluding hydrogens is 552 g/mol. The first-order valence-electron chi connectivity index (χ1n) is 12.6. The lowest BCUT2D eigenvalue weighted by molar-refractivity contribution is -0.708. The van der Waals surface area contributed by atoms with E-state index in [1.807, 2.05) is 18.2 Å². The van der Waals surface area contributed by atoms with Gasteiger partial charge in [-0.25, -0.2) is 5.10 Å². The van der Waals surface area contributed by atoms with Gasteiger partial charge in [0.25, 0.3) is 17.2 Å². The van der Waals surface area contributed by atoms with Crippen LogP contribution in [-0.2, 0) is 6.42 Å². The second-order valence-electron chi connectivity index (χ2n) is 9.26. The molecular formula is C26H22N8O8. The van der Waals surface area contributed by atoms with Crippen molar-refractivity contribution in [2.45, 2.75) is 6.42 Å². The third-order valence-electron chi connectivity index (χ3n) is 6.66. The molecule has 1 aliphatic heterocycles. The Morgan fingerprint density at radius 3 is 2.38 bits per heavy atom. The van der Waals surface area contributed by atoms with Crippen molar-refractivity contribution in [2.24, 2.45) is 5.28 Å². The molecule has 0 unspecified atom stereocenters. The Balaban J connectivity index is 1.22. The molecule has 1 aromatic heterocycles. The first kappa shape index (κ1) is 27.6. The van der Waals surface area contributed by atoms with Gasteiger partial charge < -0.3 is 10.1 Å². The van der Waals surface area contributed by atoms with Crippen molar-refractivity contribution in [3.05, 3.63) is 119 Å². The third-order valence-corrected chi connectivity index (χ3v) is 6.66. The smallest absolute Gasteiger partial charge is 0.321 e. The number of nitrogens with zero attached hydrogens (tertiary/aromatic N) is 7. The summed E-state index contributed by atoms with van der Waals surface area (Å²) in [7, 11) is 0. The van der Waals surface area contributed by atoms with Gasteiger partial charge in [-0.2, -0.15) is 5.10 Å². The number of hydrogen-bond acceptors (Lipinski definition) is 10. The van der Waals surface area contributed by atoms with Crippen molar-refractivity contribution in [1.29, 1.82) is 0 Å². The molecule has 1 aliphatic rings. The number of non-ortho nitro benzene ring substituents is 1. The van der Waals surface area contributed by atoms with Crippen LogP contribution in [0.4, 0.5) is 11.4 Å². The Morgan fingerprint density at radius 2 is 1.67 bits per heavy atom. The number of aromatic nitrogens is 2. The first-order valence-corrected chi connectivity index (χ1v) is 12.6. The number of hydrogen-bond donors (Lipinski definition) is 1. The van der Waals surface area contributed by atoms with Crippen LogP contribution in [0.25, 0.3) is 10.8 Å². The minimum atomic E-state index is -0.883. The standard InChI is InChI=1S/C26H22N8O8/c35-25-21-7-2-1-6-20(21)22(27-28-25)15-17-4-3-5-18(14-17)26(36)30-10-12-31(13-11-30)34(41)29-42-24-9-8-19(32(37)38)16-23(24)33(39)40/h1-9,14,16H,10-13,15H2,(H,28,35)/b34-29-. The third kappa shape index (κ3) is 5.81. The number of benzene rings is 3. The largest absolute Gasteiger partial charge is 0.569 e. The first-order chi connectivity index (χ1) is 20.2. The van der Waals surface area contributed by atoms with E-state index in [0.717, 1.165) is 23.1 Å². The molecule has 3 aromatic carbocycles. The summed E-state index contributed by atoms with van der Waals surface area (Å²) in [6.45, 7) is 0.608. The lowest BCUT2D eigenvalue weighted by Crippen LogP contribution is -2.50. The zero-order chi connectivity index (χ0) is 29.8. The van der Waals surface area contributed by atoms with Crippen molar-refractivity contribution >= 4 is 28.1 Å². The summed E-state index contributed by atoms with van der Waals surface area (Å²) in [6.07, 6.45) is 0.395. The van der Waals surface area contributed by atoms with Gasteiger partial charge in [-0.15, -0.1) is 5.01 Å². The Hall–Kier alpha value is -5.93. The molecule has 0 aliphatic carbocycles. The number of amides is 1. The van der Waals surface area contributed by atoms with E-state index in [0.29, 0.717) is 29.1 Å². The maximum atomic E-state index is 13.2. The predicted molar refractivity (Wildman–Crippen MR) is 146 cm³/mol. The molecule has 1 N–H and O–H groups in total. The quantitative estimate of drug-likeness (QED) is 0.141. The SMILES string of the molecule is O=C(c1cccc(Cc2n[nH]c(=O)c3ccccc23)c1)N1CCN(/[N+]([O-])=N/Oc2ccc([N+](=O)[O-])cc2[N+](=O)[O-])CC1. The van der Waals surface area contributed by atoms with Gasteiger partial charge in [0, 0.05) is 36.5 Å². The van der Waals surface area contributed by atoms with Crippen LogP contribution in [0.5, 0.6) is 5.75 Å². The van der Waals surface area contributed by atoms with Crippen LogP contribution >= 0.6 is 0 Å². The van der Waals surface area contributed by atoms with E-state index in [9.17, 15) is 35.0 Å². The number of hydrazine groups is 1. The Labute approximate surface area is 235 Å². The number of nitro benzene ring substituents is 2. The molecule has 5 rings (SSSR count). The maximum absolute atomic E-state index is 13.2. The number of nitrogens with one attached hydrogen (secondary N) is 1. The molecule has 1 fully saturated rings. The van der Waals surface area contributed by atoms with Crippen LogP contribution in [0.1, 0.15) is 21.6 Å². The topological polar surface area (TPSA) is 203 Å². The lowest BCUT2D eigenvalue weighted by atomic mass is 10.0. The molecule has 0 saturated carbocycles. The van der Waals surface area contributed by atoms with Crippen molar-refractivity contribution < 1.29 is 24.4 Å². The van der Waals surface area contributed by atoms with Crippen LogP contribution in [0.2, 0.25) is 0 Å². The van der Waals surface area contributed by atoms with E-state index < -0.39 is 27.0 Å². The molecule has 2 heterocycles. The summed E-state index contributed by atoms with van der Waals surface area (Å²) < 4.78 is 0. The fraction of sp³-hybridized carbons (Fsp3) is 0.192. The van der Waals surface area contributed by atoms with Gasteiger partial charge in [0.05, 0.1) is 45.1 Å². The van der Waals surface area contributed by atoms with E-state index in [1.54, 1.807) is 35.2 Å². The molecule has 0 atom stereocenters. The highest BCUT2D eigenvalue weighted by molar-refractivity contribution is 5.94. The summed E-state index contributed by atoms with van der Waals surface area (Å²) >= 11 is 0. The number of piperazine rings is 1. The van der Waals surface area contributed by atoms with Gasteiger partial charge in [-0.3, -0.25) is 34.7 Å². The van der Waals surface area contributed by atoms with Crippen LogP contribution in [-0.4, -0.2) is 67.0 Å². The van der Waals surface area contributed by atoms with Crippen molar-refractivity contribution in [3.8, 4) is 5.75 Å². The number of rotatable bonds is 8. The lowest BCUT2D eigenvalue weighted by Gasteiger charge is -2.31. The summed E-state index contributed by atoms with van der Waals surface area (Å²) in [5.41, 5.74) is 0.438. The van der Waals surface area contributed by atoms with Crippen molar-refractivity contribution in [3.63, 3.8) is 0 Å². The van der Waals surface area contributed by atoms with E-state index in [1.165, 1.54) is 5.01 Å².